The molecular weight excluding hydrogens is 566 g/mol. The van der Waals surface area contributed by atoms with E-state index in [1.54, 1.807) is 37.4 Å². The van der Waals surface area contributed by atoms with Crippen molar-refractivity contribution < 1.29 is 28.8 Å². The number of thioether (sulfide) groups is 2. The molecule has 0 saturated carbocycles. The van der Waals surface area contributed by atoms with Crippen LogP contribution in [0.5, 0.6) is 0 Å². The van der Waals surface area contributed by atoms with Crippen LogP contribution in [0, 0.1) is 11.8 Å². The zero-order chi connectivity index (χ0) is 30.9. The summed E-state index contributed by atoms with van der Waals surface area (Å²) >= 11 is 3.42. The van der Waals surface area contributed by atoms with Crippen molar-refractivity contribution in [1.82, 2.24) is 26.2 Å². The van der Waals surface area contributed by atoms with Crippen molar-refractivity contribution in [3.05, 3.63) is 12.7 Å². The molecule has 41 heavy (non-hydrogen) atoms. The van der Waals surface area contributed by atoms with Crippen LogP contribution in [0.4, 0.5) is 0 Å². The summed E-state index contributed by atoms with van der Waals surface area (Å²) in [7, 11) is 0. The number of rotatable bonds is 14. The Labute approximate surface area is 251 Å². The first-order valence-electron chi connectivity index (χ1n) is 14.2. The van der Waals surface area contributed by atoms with Gasteiger partial charge in [0.2, 0.25) is 29.4 Å². The van der Waals surface area contributed by atoms with E-state index < -0.39 is 53.6 Å². The molecule has 4 N–H and O–H groups in total. The van der Waals surface area contributed by atoms with Crippen molar-refractivity contribution in [3.63, 3.8) is 0 Å². The summed E-state index contributed by atoms with van der Waals surface area (Å²) in [6.45, 7) is 14.4. The fraction of sp³-hybridized carbons (Fsp3) is 0.714. The van der Waals surface area contributed by atoms with Gasteiger partial charge in [-0.15, -0.1) is 30.1 Å². The molecule has 0 aromatic rings. The Kier molecular flexibility index (Phi) is 13.2. The third-order valence-electron chi connectivity index (χ3n) is 7.07. The van der Waals surface area contributed by atoms with Crippen molar-refractivity contribution in [2.45, 2.75) is 89.1 Å². The van der Waals surface area contributed by atoms with E-state index in [9.17, 15) is 28.8 Å². The van der Waals surface area contributed by atoms with Gasteiger partial charge in [0.1, 0.15) is 18.1 Å². The lowest BCUT2D eigenvalue weighted by atomic mass is 9.99. The van der Waals surface area contributed by atoms with Crippen LogP contribution in [0.25, 0.3) is 0 Å². The van der Waals surface area contributed by atoms with Crippen LogP contribution in [0.1, 0.15) is 60.8 Å². The van der Waals surface area contributed by atoms with E-state index in [1.807, 2.05) is 20.8 Å². The summed E-state index contributed by atoms with van der Waals surface area (Å²) < 4.78 is -0.370. The first kappa shape index (κ1) is 34.7. The number of likely N-dealkylation sites (tertiary alicyclic amines) is 1. The van der Waals surface area contributed by atoms with Crippen molar-refractivity contribution in [2.75, 3.05) is 24.6 Å². The summed E-state index contributed by atoms with van der Waals surface area (Å²) in [4.78, 5) is 79.3. The minimum atomic E-state index is -1.03. The van der Waals surface area contributed by atoms with Gasteiger partial charge in [-0.2, -0.15) is 0 Å². The minimum Gasteiger partial charge on any atom is -0.346 e. The van der Waals surface area contributed by atoms with Crippen LogP contribution in [-0.4, -0.2) is 93.1 Å². The van der Waals surface area contributed by atoms with Gasteiger partial charge in [0.05, 0.1) is 10.1 Å². The second kappa shape index (κ2) is 15.6. The van der Waals surface area contributed by atoms with Crippen LogP contribution in [0.2, 0.25) is 0 Å². The maximum atomic E-state index is 14.0. The summed E-state index contributed by atoms with van der Waals surface area (Å²) in [6, 6.07) is -3.66. The molecule has 3 unspecified atom stereocenters. The molecule has 5 amide bonds. The van der Waals surface area contributed by atoms with Gasteiger partial charge in [-0.3, -0.25) is 28.8 Å². The Balaban J connectivity index is 2.32. The van der Waals surface area contributed by atoms with E-state index >= 15 is 0 Å². The highest BCUT2D eigenvalue weighted by Crippen LogP contribution is 2.52. The van der Waals surface area contributed by atoms with Gasteiger partial charge in [-0.1, -0.05) is 47.1 Å². The lowest BCUT2D eigenvalue weighted by Crippen LogP contribution is -2.59. The van der Waals surface area contributed by atoms with Crippen molar-refractivity contribution in [3.8, 4) is 0 Å². The SMILES string of the molecule is C=CCNC(=O)C(=O)C(CCC)NC(=O)[C@@H]1CC2(CN1C(=O)C(NC(=O)C(NC(C)=O)C(C)C)C(C)C)SCCS2. The molecule has 11 nitrogen and oxygen atoms in total. The molecule has 13 heteroatoms. The van der Waals surface area contributed by atoms with Crippen LogP contribution < -0.4 is 21.3 Å². The molecule has 0 aliphatic carbocycles. The Morgan fingerprint density at radius 3 is 2.10 bits per heavy atom. The maximum absolute atomic E-state index is 14.0. The van der Waals surface area contributed by atoms with E-state index in [4.69, 9.17) is 0 Å². The number of nitrogens with one attached hydrogen (secondary N) is 4. The topological polar surface area (TPSA) is 154 Å². The number of Topliss-reactive ketones (excluding diaryl/α,β-unsaturated/α-hetero) is 1. The molecule has 2 heterocycles. The second-order valence-corrected chi connectivity index (χ2v) is 14.4. The molecule has 2 saturated heterocycles. The molecule has 2 rings (SSSR count). The smallest absolute Gasteiger partial charge is 0.289 e. The molecule has 0 aromatic heterocycles. The summed E-state index contributed by atoms with van der Waals surface area (Å²) in [5.74, 6) is -2.01. The lowest BCUT2D eigenvalue weighted by molar-refractivity contribution is -0.144. The van der Waals surface area contributed by atoms with Crippen LogP contribution >= 0.6 is 23.5 Å². The fourth-order valence-electron chi connectivity index (χ4n) is 4.94. The molecule has 230 valence electrons. The van der Waals surface area contributed by atoms with Crippen LogP contribution in [-0.2, 0) is 28.8 Å². The van der Waals surface area contributed by atoms with Gasteiger partial charge < -0.3 is 26.2 Å². The number of carbonyl (C=O) groups excluding carboxylic acids is 6. The molecule has 1 spiro atoms. The van der Waals surface area contributed by atoms with Crippen molar-refractivity contribution in [1.29, 1.82) is 0 Å². The van der Waals surface area contributed by atoms with Gasteiger partial charge in [0.15, 0.2) is 0 Å². The molecule has 0 aromatic carbocycles. The molecule has 0 radical (unpaired) electrons. The first-order chi connectivity index (χ1) is 19.3. The summed E-state index contributed by atoms with van der Waals surface area (Å²) in [6.07, 6.45) is 2.67. The van der Waals surface area contributed by atoms with Crippen molar-refractivity contribution >= 4 is 58.8 Å². The van der Waals surface area contributed by atoms with Crippen LogP contribution in [0.3, 0.4) is 0 Å². The Hall–Kier alpha value is -2.54. The summed E-state index contributed by atoms with van der Waals surface area (Å²) in [5.41, 5.74) is 0. The molecule has 4 atom stereocenters. The highest BCUT2D eigenvalue weighted by atomic mass is 32.2. The van der Waals surface area contributed by atoms with Crippen LogP contribution in [0.15, 0.2) is 12.7 Å². The van der Waals surface area contributed by atoms with Crippen molar-refractivity contribution in [2.24, 2.45) is 11.8 Å². The van der Waals surface area contributed by atoms with E-state index in [-0.39, 0.29) is 34.8 Å². The van der Waals surface area contributed by atoms with Gasteiger partial charge in [-0.05, 0) is 18.3 Å². The zero-order valence-electron chi connectivity index (χ0n) is 24.9. The van der Waals surface area contributed by atoms with E-state index in [2.05, 4.69) is 27.8 Å². The Morgan fingerprint density at radius 2 is 1.59 bits per heavy atom. The number of amides is 5. The Morgan fingerprint density at radius 1 is 0.976 bits per heavy atom. The molecule has 2 aliphatic heterocycles. The average molecular weight is 612 g/mol. The molecule has 0 bridgehead atoms. The highest BCUT2D eigenvalue weighted by Gasteiger charge is 2.53. The molecular formula is C28H45N5O6S2. The highest BCUT2D eigenvalue weighted by molar-refractivity contribution is 8.21. The minimum absolute atomic E-state index is 0.126. The average Bonchev–Trinajstić information content (AvgIpc) is 3.53. The first-order valence-corrected chi connectivity index (χ1v) is 16.1. The predicted octanol–water partition coefficient (Wildman–Crippen LogP) is 1.22. The zero-order valence-corrected chi connectivity index (χ0v) is 26.5. The molecule has 2 aliphatic rings. The van der Waals surface area contributed by atoms with Gasteiger partial charge in [0.25, 0.3) is 5.91 Å². The van der Waals surface area contributed by atoms with E-state index in [0.717, 1.165) is 11.5 Å². The number of ketones is 1. The van der Waals surface area contributed by atoms with Gasteiger partial charge >= 0.3 is 0 Å². The predicted molar refractivity (Wildman–Crippen MR) is 162 cm³/mol. The third kappa shape index (κ3) is 9.22. The second-order valence-electron chi connectivity index (χ2n) is 11.2. The Bertz CT molecular complexity index is 1010. The third-order valence-corrected chi connectivity index (χ3v) is 10.5. The quantitative estimate of drug-likeness (QED) is 0.169. The number of hydrogen-bond donors (Lipinski definition) is 4. The lowest BCUT2D eigenvalue weighted by Gasteiger charge is -2.32. The number of carbonyl (C=O) groups is 6. The van der Waals surface area contributed by atoms with E-state index in [1.165, 1.54) is 17.9 Å². The van der Waals surface area contributed by atoms with E-state index in [0.29, 0.717) is 19.4 Å². The summed E-state index contributed by atoms with van der Waals surface area (Å²) in [5, 5.41) is 10.7. The number of hydrogen-bond acceptors (Lipinski definition) is 8. The molecule has 2 fully saturated rings. The number of nitrogens with zero attached hydrogens (tertiary/aromatic N) is 1. The maximum Gasteiger partial charge on any atom is 0.289 e. The monoisotopic (exact) mass is 611 g/mol. The standard InChI is InChI=1S/C28H45N5O6S2/c1-8-10-19(23(35)26(38)29-11-9-2)31-24(36)20-14-28(40-12-13-41-28)15-33(20)27(39)22(17(5)6)32-25(37)21(16(3)4)30-18(7)34/h9,16-17,19-22H,2,8,10-15H2,1,3-7H3,(H,29,38)(H,30,34)(H,31,36)(H,32,37)/t19?,20-,21?,22?/m0/s1. The van der Waals surface area contributed by atoms with Gasteiger partial charge in [0, 0.05) is 37.9 Å². The fourth-order valence-corrected chi connectivity index (χ4v) is 8.19. The van der Waals surface area contributed by atoms with Gasteiger partial charge in [-0.25, -0.2) is 0 Å². The largest absolute Gasteiger partial charge is 0.346 e. The normalized spacial score (nSPS) is 19.9.